The Balaban J connectivity index is 1.51. The molecule has 0 radical (unpaired) electrons. The molecule has 0 bridgehead atoms. The molecule has 0 aromatic carbocycles. The summed E-state index contributed by atoms with van der Waals surface area (Å²) in [5, 5.41) is 9.05. The highest BCUT2D eigenvalue weighted by molar-refractivity contribution is 5.82. The molecule has 0 aromatic rings. The third-order valence-corrected chi connectivity index (χ3v) is 3.45. The molecule has 0 aromatic heterocycles. The Morgan fingerprint density at radius 3 is 2.67 bits per heavy atom. The molecule has 2 aliphatic rings. The maximum Gasteiger partial charge on any atom is 0.237 e. The van der Waals surface area contributed by atoms with Crippen LogP contribution in [0.3, 0.4) is 0 Å². The summed E-state index contributed by atoms with van der Waals surface area (Å²) in [6, 6.07) is 0.401. The molecule has 1 heterocycles. The highest BCUT2D eigenvalue weighted by atomic mass is 16.2. The smallest absolute Gasteiger partial charge is 0.237 e. The summed E-state index contributed by atoms with van der Waals surface area (Å²) in [4.78, 5) is 23.2. The Kier molecular flexibility index (Phi) is 4.99. The maximum atomic E-state index is 11.8. The third kappa shape index (κ3) is 4.64. The summed E-state index contributed by atoms with van der Waals surface area (Å²) in [5.41, 5.74) is 0. The summed E-state index contributed by atoms with van der Waals surface area (Å²) in [6.45, 7) is 1.52. The van der Waals surface area contributed by atoms with Crippen LogP contribution in [0.2, 0.25) is 0 Å². The number of hydrogen-bond donors (Lipinski definition) is 3. The molecular weight excluding hydrogens is 230 g/mol. The Morgan fingerprint density at radius 1 is 1.17 bits per heavy atom. The van der Waals surface area contributed by atoms with E-state index in [2.05, 4.69) is 16.0 Å². The van der Waals surface area contributed by atoms with Gasteiger partial charge in [-0.1, -0.05) is 6.42 Å². The van der Waals surface area contributed by atoms with Crippen LogP contribution in [0.1, 0.15) is 44.9 Å². The predicted molar refractivity (Wildman–Crippen MR) is 69.1 cm³/mol. The summed E-state index contributed by atoms with van der Waals surface area (Å²) in [7, 11) is 0. The van der Waals surface area contributed by atoms with Crippen LogP contribution in [0.4, 0.5) is 0 Å². The van der Waals surface area contributed by atoms with Crippen molar-refractivity contribution in [1.82, 2.24) is 16.0 Å². The van der Waals surface area contributed by atoms with Crippen molar-refractivity contribution in [3.05, 3.63) is 0 Å². The van der Waals surface area contributed by atoms with Gasteiger partial charge in [-0.15, -0.1) is 0 Å². The lowest BCUT2D eigenvalue weighted by molar-refractivity contribution is -0.124. The minimum Gasteiger partial charge on any atom is -0.355 e. The molecule has 5 heteroatoms. The Bertz CT molecular complexity index is 297. The molecule has 1 saturated heterocycles. The number of nitrogens with one attached hydrogen (secondary N) is 3. The third-order valence-electron chi connectivity index (χ3n) is 3.45. The van der Waals surface area contributed by atoms with E-state index in [-0.39, 0.29) is 17.9 Å². The van der Waals surface area contributed by atoms with Gasteiger partial charge in [-0.05, 0) is 38.6 Å². The molecule has 2 amide bonds. The molecule has 1 saturated carbocycles. The monoisotopic (exact) mass is 253 g/mol. The molecule has 0 unspecified atom stereocenters. The van der Waals surface area contributed by atoms with Gasteiger partial charge in [0, 0.05) is 19.0 Å². The number of hydrogen-bond acceptors (Lipinski definition) is 3. The topological polar surface area (TPSA) is 70.2 Å². The molecule has 2 fully saturated rings. The van der Waals surface area contributed by atoms with Crippen molar-refractivity contribution in [2.75, 3.05) is 13.1 Å². The Hall–Kier alpha value is -1.10. The number of piperidine rings is 1. The standard InChI is InChI=1S/C13H23N3O2/c17-12(16-10-6-7-10)5-3-9-15-13(18)11-4-1-2-8-14-11/h10-11,14H,1-9H2,(H,15,18)(H,16,17)/t11-/m0/s1. The molecule has 5 nitrogen and oxygen atoms in total. The molecule has 1 aliphatic carbocycles. The molecule has 3 N–H and O–H groups in total. The molecule has 18 heavy (non-hydrogen) atoms. The van der Waals surface area contributed by atoms with Gasteiger partial charge >= 0.3 is 0 Å². The van der Waals surface area contributed by atoms with E-state index < -0.39 is 0 Å². The van der Waals surface area contributed by atoms with Crippen LogP contribution in [0.15, 0.2) is 0 Å². The number of rotatable bonds is 6. The molecule has 0 spiro atoms. The van der Waals surface area contributed by atoms with Crippen LogP contribution in [-0.2, 0) is 9.59 Å². The zero-order chi connectivity index (χ0) is 12.8. The second kappa shape index (κ2) is 6.73. The zero-order valence-corrected chi connectivity index (χ0v) is 10.8. The predicted octanol–water partition coefficient (Wildman–Crippen LogP) is 0.304. The van der Waals surface area contributed by atoms with Gasteiger partial charge in [0.2, 0.25) is 11.8 Å². The van der Waals surface area contributed by atoms with E-state index in [9.17, 15) is 9.59 Å². The van der Waals surface area contributed by atoms with Crippen LogP contribution in [-0.4, -0.2) is 37.0 Å². The van der Waals surface area contributed by atoms with Crippen LogP contribution in [0.5, 0.6) is 0 Å². The summed E-state index contributed by atoms with van der Waals surface area (Å²) in [6.07, 6.45) is 6.67. The van der Waals surface area contributed by atoms with Gasteiger partial charge in [-0.3, -0.25) is 9.59 Å². The SMILES string of the molecule is O=C(CCCNC(=O)[C@@H]1CCCCN1)NC1CC1. The van der Waals surface area contributed by atoms with Gasteiger partial charge in [-0.2, -0.15) is 0 Å². The van der Waals surface area contributed by atoms with E-state index in [1.165, 1.54) is 0 Å². The Labute approximate surface area is 108 Å². The van der Waals surface area contributed by atoms with Crippen molar-refractivity contribution in [2.24, 2.45) is 0 Å². The number of carbonyl (C=O) groups excluding carboxylic acids is 2. The minimum atomic E-state index is -0.0287. The van der Waals surface area contributed by atoms with E-state index in [0.29, 0.717) is 19.0 Å². The summed E-state index contributed by atoms with van der Waals surface area (Å²) < 4.78 is 0. The van der Waals surface area contributed by atoms with Crippen molar-refractivity contribution >= 4 is 11.8 Å². The van der Waals surface area contributed by atoms with E-state index >= 15 is 0 Å². The zero-order valence-electron chi connectivity index (χ0n) is 10.8. The number of amides is 2. The molecular formula is C13H23N3O2. The van der Waals surface area contributed by atoms with Crippen molar-refractivity contribution in [2.45, 2.75) is 57.0 Å². The van der Waals surface area contributed by atoms with Gasteiger partial charge in [-0.25, -0.2) is 0 Å². The summed E-state index contributed by atoms with van der Waals surface area (Å²) >= 11 is 0. The van der Waals surface area contributed by atoms with Crippen LogP contribution in [0, 0.1) is 0 Å². The highest BCUT2D eigenvalue weighted by Gasteiger charge is 2.23. The first-order valence-corrected chi connectivity index (χ1v) is 7.06. The first-order valence-electron chi connectivity index (χ1n) is 7.06. The van der Waals surface area contributed by atoms with Crippen LogP contribution >= 0.6 is 0 Å². The van der Waals surface area contributed by atoms with E-state index in [4.69, 9.17) is 0 Å². The maximum absolute atomic E-state index is 11.8. The second-order valence-corrected chi connectivity index (χ2v) is 5.24. The largest absolute Gasteiger partial charge is 0.355 e. The van der Waals surface area contributed by atoms with Gasteiger partial charge < -0.3 is 16.0 Å². The average molecular weight is 253 g/mol. The number of carbonyl (C=O) groups is 2. The van der Waals surface area contributed by atoms with Crippen LogP contribution in [0.25, 0.3) is 0 Å². The first-order chi connectivity index (χ1) is 8.75. The van der Waals surface area contributed by atoms with Gasteiger partial charge in [0.25, 0.3) is 0 Å². The lowest BCUT2D eigenvalue weighted by Gasteiger charge is -2.22. The van der Waals surface area contributed by atoms with Crippen molar-refractivity contribution in [3.8, 4) is 0 Å². The van der Waals surface area contributed by atoms with Gasteiger partial charge in [0.1, 0.15) is 0 Å². The molecule has 102 valence electrons. The van der Waals surface area contributed by atoms with Crippen molar-refractivity contribution in [3.63, 3.8) is 0 Å². The van der Waals surface area contributed by atoms with Gasteiger partial charge in [0.05, 0.1) is 6.04 Å². The molecule has 1 aliphatic heterocycles. The quantitative estimate of drug-likeness (QED) is 0.596. The van der Waals surface area contributed by atoms with E-state index in [1.54, 1.807) is 0 Å². The normalized spacial score (nSPS) is 23.4. The van der Waals surface area contributed by atoms with E-state index in [1.807, 2.05) is 0 Å². The van der Waals surface area contributed by atoms with Crippen molar-refractivity contribution < 1.29 is 9.59 Å². The average Bonchev–Trinajstić information content (AvgIpc) is 3.19. The lowest BCUT2D eigenvalue weighted by Crippen LogP contribution is -2.46. The first kappa shape index (κ1) is 13.3. The summed E-state index contributed by atoms with van der Waals surface area (Å²) in [5.74, 6) is 0.194. The van der Waals surface area contributed by atoms with Gasteiger partial charge in [0.15, 0.2) is 0 Å². The highest BCUT2D eigenvalue weighted by Crippen LogP contribution is 2.18. The second-order valence-electron chi connectivity index (χ2n) is 5.24. The lowest BCUT2D eigenvalue weighted by atomic mass is 10.0. The molecule has 2 rings (SSSR count). The fraction of sp³-hybridized carbons (Fsp3) is 0.846. The fourth-order valence-electron chi connectivity index (χ4n) is 2.19. The minimum absolute atomic E-state index is 0.0287. The van der Waals surface area contributed by atoms with E-state index in [0.717, 1.165) is 45.1 Å². The van der Waals surface area contributed by atoms with Crippen molar-refractivity contribution in [1.29, 1.82) is 0 Å². The Morgan fingerprint density at radius 2 is 2.00 bits per heavy atom. The fourth-order valence-corrected chi connectivity index (χ4v) is 2.19. The van der Waals surface area contributed by atoms with Crippen LogP contribution < -0.4 is 16.0 Å². The molecule has 1 atom stereocenters.